The first-order chi connectivity index (χ1) is 20.6. The largest absolute Gasteiger partial charge is 0.480 e. The summed E-state index contributed by atoms with van der Waals surface area (Å²) in [5.41, 5.74) is 3.74. The topological polar surface area (TPSA) is 103 Å². The summed E-state index contributed by atoms with van der Waals surface area (Å²) in [5, 5.41) is 3.37. The van der Waals surface area contributed by atoms with Crippen molar-refractivity contribution in [3.05, 3.63) is 62.9 Å². The Morgan fingerprint density at radius 2 is 1.86 bits per heavy atom. The van der Waals surface area contributed by atoms with E-state index in [1.807, 2.05) is 50.2 Å². The molecule has 1 unspecified atom stereocenters. The molecule has 1 aromatic heterocycles. The Hall–Kier alpha value is -3.41. The lowest BCUT2D eigenvalue weighted by Crippen LogP contribution is -2.47. The Morgan fingerprint density at radius 3 is 2.53 bits per heavy atom. The molecule has 1 fully saturated rings. The number of benzene rings is 2. The van der Waals surface area contributed by atoms with Crippen LogP contribution in [0.3, 0.4) is 0 Å². The number of methoxy groups -OCH3 is 1. The van der Waals surface area contributed by atoms with Crippen molar-refractivity contribution in [3.63, 3.8) is 0 Å². The summed E-state index contributed by atoms with van der Waals surface area (Å²) in [7, 11) is 3.08. The second kappa shape index (κ2) is 14.9. The Balaban J connectivity index is 1.65. The Labute approximate surface area is 264 Å². The number of nitrogens with one attached hydrogen (secondary N) is 1. The van der Waals surface area contributed by atoms with Gasteiger partial charge in [0.05, 0.1) is 23.1 Å². The van der Waals surface area contributed by atoms with Crippen LogP contribution in [0, 0.1) is 19.8 Å². The zero-order valence-electron chi connectivity index (χ0n) is 25.0. The number of hydrogen-bond acceptors (Lipinski definition) is 9. The van der Waals surface area contributed by atoms with Crippen molar-refractivity contribution < 1.29 is 33.3 Å². The van der Waals surface area contributed by atoms with Crippen LogP contribution < -0.4 is 19.7 Å². The number of carbonyl (C=O) groups is 3. The van der Waals surface area contributed by atoms with Crippen LogP contribution in [0.25, 0.3) is 10.4 Å². The van der Waals surface area contributed by atoms with Crippen LogP contribution in [-0.4, -0.2) is 64.4 Å². The molecule has 4 rings (SSSR count). The van der Waals surface area contributed by atoms with Crippen LogP contribution in [0.15, 0.2) is 46.9 Å². The summed E-state index contributed by atoms with van der Waals surface area (Å²) in [6, 6.07) is 13.4. The molecule has 3 aromatic rings. The van der Waals surface area contributed by atoms with Gasteiger partial charge in [0.2, 0.25) is 0 Å². The second-order valence-electron chi connectivity index (χ2n) is 10.3. The van der Waals surface area contributed by atoms with Gasteiger partial charge in [-0.3, -0.25) is 4.79 Å². The fourth-order valence-corrected chi connectivity index (χ4v) is 7.08. The van der Waals surface area contributed by atoms with Gasteiger partial charge in [-0.25, -0.2) is 9.59 Å². The smallest absolute Gasteiger partial charge is 0.351 e. The third-order valence-corrected chi connectivity index (χ3v) is 9.50. The highest BCUT2D eigenvalue weighted by Gasteiger charge is 2.34. The monoisotopic (exact) mass is 672 g/mol. The van der Waals surface area contributed by atoms with Crippen LogP contribution >= 0.6 is 27.3 Å². The van der Waals surface area contributed by atoms with Crippen LogP contribution in [0.5, 0.6) is 11.5 Å². The number of amides is 1. The lowest BCUT2D eigenvalue weighted by atomic mass is 9.91. The van der Waals surface area contributed by atoms with Crippen molar-refractivity contribution in [2.75, 3.05) is 45.4 Å². The van der Waals surface area contributed by atoms with E-state index in [2.05, 4.69) is 27.3 Å². The second-order valence-corrected chi connectivity index (χ2v) is 12.1. The number of hydrogen-bond donors (Lipinski definition) is 1. The number of likely N-dealkylation sites (N-methyl/N-ethyl adjacent to an activating group) is 1. The molecule has 2 heterocycles. The molecule has 0 bridgehead atoms. The van der Waals surface area contributed by atoms with Crippen LogP contribution in [0.4, 0.5) is 5.69 Å². The number of esters is 2. The van der Waals surface area contributed by atoms with E-state index < -0.39 is 18.0 Å². The molecular weight excluding hydrogens is 636 g/mol. The maximum atomic E-state index is 14.0. The molecule has 0 aliphatic carbocycles. The molecule has 230 valence electrons. The molecule has 1 atom stereocenters. The Bertz CT molecular complexity index is 1470. The lowest BCUT2D eigenvalue weighted by Gasteiger charge is -2.33. The summed E-state index contributed by atoms with van der Waals surface area (Å²) in [4.78, 5) is 41.1. The summed E-state index contributed by atoms with van der Waals surface area (Å²) in [5.74, 6) is -0.486. The molecule has 1 amide bonds. The molecule has 1 aliphatic heterocycles. The molecule has 1 N–H and O–H groups in total. The summed E-state index contributed by atoms with van der Waals surface area (Å²) in [6.45, 7) is 7.23. The maximum absolute atomic E-state index is 14.0. The standard InChI is InChI=1S/C32H37BrN2O7S/c1-6-40-25(36)18-41-28-26(33)29(43-30(28)32(38)39-5)22-8-7-9-23(17-22)42-27(21-12-14-34-15-13-21)31(37)35(4)24-11-10-19(2)16-20(24)3/h7-11,16-17,21,27,34H,6,12-15,18H2,1-5H3. The lowest BCUT2D eigenvalue weighted by molar-refractivity contribution is -0.145. The third-order valence-electron chi connectivity index (χ3n) is 7.28. The molecule has 1 aliphatic rings. The first-order valence-corrected chi connectivity index (χ1v) is 15.8. The number of rotatable bonds is 11. The van der Waals surface area contributed by atoms with E-state index in [0.29, 0.717) is 15.1 Å². The highest BCUT2D eigenvalue weighted by atomic mass is 79.9. The van der Waals surface area contributed by atoms with Gasteiger partial charge in [-0.2, -0.15) is 0 Å². The van der Waals surface area contributed by atoms with Gasteiger partial charge in [-0.15, -0.1) is 11.3 Å². The van der Waals surface area contributed by atoms with Crippen molar-refractivity contribution in [2.45, 2.75) is 39.7 Å². The molecule has 11 heteroatoms. The Morgan fingerprint density at radius 1 is 1.12 bits per heavy atom. The molecule has 0 spiro atoms. The predicted octanol–water partition coefficient (Wildman–Crippen LogP) is 5.93. The van der Waals surface area contributed by atoms with Gasteiger partial charge in [-0.05, 0) is 92.0 Å². The molecule has 2 aromatic carbocycles. The molecule has 0 saturated carbocycles. The van der Waals surface area contributed by atoms with Crippen molar-refractivity contribution in [2.24, 2.45) is 5.92 Å². The number of thiophene rings is 1. The minimum absolute atomic E-state index is 0.0351. The highest BCUT2D eigenvalue weighted by molar-refractivity contribution is 9.10. The molecule has 9 nitrogen and oxygen atoms in total. The van der Waals surface area contributed by atoms with Gasteiger partial charge in [0.25, 0.3) is 5.91 Å². The van der Waals surface area contributed by atoms with E-state index in [4.69, 9.17) is 18.9 Å². The first-order valence-electron chi connectivity index (χ1n) is 14.2. The first kappa shape index (κ1) is 32.5. The number of ether oxygens (including phenoxy) is 4. The minimum atomic E-state index is -0.691. The zero-order chi connectivity index (χ0) is 31.1. The average molecular weight is 674 g/mol. The molecule has 43 heavy (non-hydrogen) atoms. The zero-order valence-corrected chi connectivity index (χ0v) is 27.4. The number of piperidine rings is 1. The maximum Gasteiger partial charge on any atom is 0.351 e. The minimum Gasteiger partial charge on any atom is -0.480 e. The van der Waals surface area contributed by atoms with Gasteiger partial charge in [0, 0.05) is 18.7 Å². The van der Waals surface area contributed by atoms with Gasteiger partial charge >= 0.3 is 11.9 Å². The van der Waals surface area contributed by atoms with E-state index in [1.54, 1.807) is 18.9 Å². The molecule has 1 saturated heterocycles. The van der Waals surface area contributed by atoms with Gasteiger partial charge in [0.1, 0.15) is 5.75 Å². The summed E-state index contributed by atoms with van der Waals surface area (Å²) < 4.78 is 22.6. The van der Waals surface area contributed by atoms with E-state index >= 15 is 0 Å². The normalized spacial score (nSPS) is 14.1. The third kappa shape index (κ3) is 7.76. The summed E-state index contributed by atoms with van der Waals surface area (Å²) >= 11 is 4.73. The van der Waals surface area contributed by atoms with Crippen molar-refractivity contribution >= 4 is 50.8 Å². The van der Waals surface area contributed by atoms with Gasteiger partial charge in [-0.1, -0.05) is 29.8 Å². The fourth-order valence-electron chi connectivity index (χ4n) is 5.12. The van der Waals surface area contributed by atoms with Crippen LogP contribution in [0.2, 0.25) is 0 Å². The average Bonchev–Trinajstić information content (AvgIpc) is 3.34. The quantitative estimate of drug-likeness (QED) is 0.250. The highest BCUT2D eigenvalue weighted by Crippen LogP contribution is 2.46. The number of halogens is 1. The van der Waals surface area contributed by atoms with E-state index in [0.717, 1.165) is 48.3 Å². The van der Waals surface area contributed by atoms with Crippen molar-refractivity contribution in [3.8, 4) is 21.9 Å². The number of aryl methyl sites for hydroxylation is 2. The number of nitrogens with zero attached hydrogens (tertiary/aromatic N) is 1. The Kier molecular flexibility index (Phi) is 11.2. The van der Waals surface area contributed by atoms with Crippen LogP contribution in [-0.2, 0) is 19.1 Å². The van der Waals surface area contributed by atoms with E-state index in [1.165, 1.54) is 18.4 Å². The molecule has 0 radical (unpaired) electrons. The van der Waals surface area contributed by atoms with Gasteiger partial charge in [0.15, 0.2) is 23.3 Å². The molecular formula is C32H37BrN2O7S. The number of anilines is 1. The SMILES string of the molecule is CCOC(=O)COc1c(C(=O)OC)sc(-c2cccc(OC(C(=O)N(C)c3ccc(C)cc3C)C3CCNCC3)c2)c1Br. The number of carbonyl (C=O) groups excluding carboxylic acids is 3. The fraction of sp³-hybridized carbons (Fsp3) is 0.406. The summed E-state index contributed by atoms with van der Waals surface area (Å²) in [6.07, 6.45) is 0.942. The van der Waals surface area contributed by atoms with E-state index in [-0.39, 0.29) is 35.7 Å². The van der Waals surface area contributed by atoms with E-state index in [9.17, 15) is 14.4 Å². The van der Waals surface area contributed by atoms with Gasteiger partial charge < -0.3 is 29.2 Å². The van der Waals surface area contributed by atoms with Crippen molar-refractivity contribution in [1.29, 1.82) is 0 Å². The van der Waals surface area contributed by atoms with Crippen LogP contribution in [0.1, 0.15) is 40.6 Å². The predicted molar refractivity (Wildman–Crippen MR) is 170 cm³/mol. The van der Waals surface area contributed by atoms with Crippen molar-refractivity contribution in [1.82, 2.24) is 5.32 Å².